The van der Waals surface area contributed by atoms with Crippen molar-refractivity contribution < 1.29 is 5.11 Å². The Morgan fingerprint density at radius 3 is 2.70 bits per heavy atom. The normalized spacial score (nSPS) is 12.8. The molecule has 1 unspecified atom stereocenters. The molecule has 2 aromatic heterocycles. The summed E-state index contributed by atoms with van der Waals surface area (Å²) in [7, 11) is 0. The van der Waals surface area contributed by atoms with Crippen LogP contribution in [-0.4, -0.2) is 26.0 Å². The molecule has 0 aliphatic heterocycles. The number of halogens is 1. The molecule has 0 aliphatic carbocycles. The summed E-state index contributed by atoms with van der Waals surface area (Å²) in [4.78, 5) is 4.40. The van der Waals surface area contributed by atoms with Crippen LogP contribution in [0.1, 0.15) is 35.9 Å². The average molecular weight is 358 g/mol. The van der Waals surface area contributed by atoms with Crippen LogP contribution < -0.4 is 0 Å². The first kappa shape index (κ1) is 15.7. The van der Waals surface area contributed by atoms with Gasteiger partial charge in [0.25, 0.3) is 0 Å². The Morgan fingerprint density at radius 2 is 2.15 bits per heavy atom. The lowest BCUT2D eigenvalue weighted by Crippen LogP contribution is -2.17. The molecule has 110 valence electrons. The average Bonchev–Trinajstić information content (AvgIpc) is 2.95. The zero-order chi connectivity index (χ0) is 14.7. The fourth-order valence-electron chi connectivity index (χ4n) is 2.25. The van der Waals surface area contributed by atoms with Gasteiger partial charge in [0.1, 0.15) is 0 Å². The van der Waals surface area contributed by atoms with Crippen LogP contribution in [0.3, 0.4) is 0 Å². The first-order valence-corrected chi connectivity index (χ1v) is 8.55. The van der Waals surface area contributed by atoms with Crippen molar-refractivity contribution in [3.8, 4) is 0 Å². The highest BCUT2D eigenvalue weighted by Gasteiger charge is 2.18. The van der Waals surface area contributed by atoms with E-state index in [9.17, 15) is 5.11 Å². The van der Waals surface area contributed by atoms with E-state index in [4.69, 9.17) is 0 Å². The molecule has 0 aliphatic rings. The minimum absolute atomic E-state index is 0.431. The molecule has 0 saturated carbocycles. The second kappa shape index (κ2) is 6.83. The molecule has 0 aromatic carbocycles. The molecule has 0 radical (unpaired) electrons. The van der Waals surface area contributed by atoms with E-state index in [0.29, 0.717) is 12.8 Å². The Hall–Kier alpha value is -0.720. The standard InChI is InChI=1S/C14H20BrN3OS/c1-4-12-14(15)13(18(5-2)17-12)7-11(19)6-10-8-20-9(3)16-10/h8,11,19H,4-7H2,1-3H3. The van der Waals surface area contributed by atoms with E-state index in [1.807, 2.05) is 17.0 Å². The zero-order valence-electron chi connectivity index (χ0n) is 12.1. The fourth-order valence-corrected chi connectivity index (χ4v) is 3.60. The third-order valence-corrected chi connectivity index (χ3v) is 4.97. The Bertz CT molecular complexity index is 579. The monoisotopic (exact) mass is 357 g/mol. The van der Waals surface area contributed by atoms with Crippen LogP contribution in [0.15, 0.2) is 9.85 Å². The quantitative estimate of drug-likeness (QED) is 0.863. The van der Waals surface area contributed by atoms with E-state index < -0.39 is 6.10 Å². The molecule has 1 atom stereocenters. The highest BCUT2D eigenvalue weighted by atomic mass is 79.9. The maximum atomic E-state index is 10.3. The minimum Gasteiger partial charge on any atom is -0.392 e. The van der Waals surface area contributed by atoms with E-state index in [2.05, 4.69) is 39.9 Å². The highest BCUT2D eigenvalue weighted by molar-refractivity contribution is 9.10. The molecule has 2 rings (SSSR count). The first-order valence-electron chi connectivity index (χ1n) is 6.88. The van der Waals surface area contributed by atoms with E-state index in [-0.39, 0.29) is 0 Å². The van der Waals surface area contributed by atoms with Crippen molar-refractivity contribution in [2.45, 2.75) is 52.7 Å². The summed E-state index contributed by atoms with van der Waals surface area (Å²) < 4.78 is 3.01. The molecule has 0 amide bonds. The third kappa shape index (κ3) is 3.48. The van der Waals surface area contributed by atoms with Crippen molar-refractivity contribution in [1.82, 2.24) is 14.8 Å². The molecule has 2 aromatic rings. The summed E-state index contributed by atoms with van der Waals surface area (Å²) in [5.74, 6) is 0. The lowest BCUT2D eigenvalue weighted by Gasteiger charge is -2.11. The van der Waals surface area contributed by atoms with Crippen LogP contribution >= 0.6 is 27.3 Å². The van der Waals surface area contributed by atoms with Gasteiger partial charge in [-0.15, -0.1) is 11.3 Å². The van der Waals surface area contributed by atoms with E-state index in [1.165, 1.54) is 0 Å². The molecule has 0 fully saturated rings. The van der Waals surface area contributed by atoms with Gasteiger partial charge in [0, 0.05) is 24.8 Å². The Morgan fingerprint density at radius 1 is 1.40 bits per heavy atom. The molecule has 6 heteroatoms. The highest BCUT2D eigenvalue weighted by Crippen LogP contribution is 2.24. The number of thiazole rings is 1. The van der Waals surface area contributed by atoms with Crippen LogP contribution in [0.4, 0.5) is 0 Å². The van der Waals surface area contributed by atoms with Crippen molar-refractivity contribution in [2.24, 2.45) is 0 Å². The summed E-state index contributed by atoms with van der Waals surface area (Å²) >= 11 is 5.24. The number of nitrogens with zero attached hydrogens (tertiary/aromatic N) is 3. The molecule has 1 N–H and O–H groups in total. The molecule has 0 spiro atoms. The third-order valence-electron chi connectivity index (χ3n) is 3.23. The van der Waals surface area contributed by atoms with Crippen molar-refractivity contribution in [2.75, 3.05) is 0 Å². The number of aromatic nitrogens is 3. The second-order valence-electron chi connectivity index (χ2n) is 4.80. The topological polar surface area (TPSA) is 50.9 Å². The maximum Gasteiger partial charge on any atom is 0.0897 e. The number of aliphatic hydroxyl groups excluding tert-OH is 1. The zero-order valence-corrected chi connectivity index (χ0v) is 14.5. The van der Waals surface area contributed by atoms with Crippen molar-refractivity contribution in [3.63, 3.8) is 0 Å². The first-order chi connectivity index (χ1) is 9.55. The number of rotatable bonds is 6. The van der Waals surface area contributed by atoms with Gasteiger partial charge in [0.2, 0.25) is 0 Å². The lowest BCUT2D eigenvalue weighted by atomic mass is 10.1. The van der Waals surface area contributed by atoms with Gasteiger partial charge in [-0.25, -0.2) is 4.98 Å². The molecule has 20 heavy (non-hydrogen) atoms. The lowest BCUT2D eigenvalue weighted by molar-refractivity contribution is 0.171. The number of aryl methyl sites for hydroxylation is 3. The number of hydrogen-bond acceptors (Lipinski definition) is 4. The molecule has 0 bridgehead atoms. The molecule has 4 nitrogen and oxygen atoms in total. The van der Waals surface area contributed by atoms with E-state index in [1.54, 1.807) is 11.3 Å². The van der Waals surface area contributed by atoms with Gasteiger partial charge in [0.05, 0.1) is 32.7 Å². The van der Waals surface area contributed by atoms with Gasteiger partial charge in [-0.05, 0) is 36.2 Å². The van der Waals surface area contributed by atoms with Gasteiger partial charge in [-0.3, -0.25) is 4.68 Å². The summed E-state index contributed by atoms with van der Waals surface area (Å²) in [5.41, 5.74) is 3.09. The summed E-state index contributed by atoms with van der Waals surface area (Å²) in [6.45, 7) is 6.96. The maximum absolute atomic E-state index is 10.3. The predicted molar refractivity (Wildman–Crippen MR) is 85.2 cm³/mol. The number of aliphatic hydroxyl groups is 1. The summed E-state index contributed by atoms with van der Waals surface area (Å²) in [5, 5.41) is 17.9. The van der Waals surface area contributed by atoms with E-state index in [0.717, 1.165) is 39.5 Å². The van der Waals surface area contributed by atoms with Crippen LogP contribution in [0.2, 0.25) is 0 Å². The van der Waals surface area contributed by atoms with Crippen molar-refractivity contribution in [1.29, 1.82) is 0 Å². The fraction of sp³-hybridized carbons (Fsp3) is 0.571. The van der Waals surface area contributed by atoms with Crippen molar-refractivity contribution in [3.05, 3.63) is 31.9 Å². The largest absolute Gasteiger partial charge is 0.392 e. The van der Waals surface area contributed by atoms with Crippen LogP contribution in [0.25, 0.3) is 0 Å². The summed E-state index contributed by atoms with van der Waals surface area (Å²) in [6.07, 6.45) is 1.65. The molecule has 0 saturated heterocycles. The van der Waals surface area contributed by atoms with Crippen molar-refractivity contribution >= 4 is 27.3 Å². The second-order valence-corrected chi connectivity index (χ2v) is 6.65. The van der Waals surface area contributed by atoms with E-state index >= 15 is 0 Å². The Balaban J connectivity index is 2.10. The van der Waals surface area contributed by atoms with Crippen LogP contribution in [0.5, 0.6) is 0 Å². The van der Waals surface area contributed by atoms with Gasteiger partial charge in [-0.1, -0.05) is 6.92 Å². The van der Waals surface area contributed by atoms with Gasteiger partial charge in [-0.2, -0.15) is 5.10 Å². The molecular weight excluding hydrogens is 338 g/mol. The van der Waals surface area contributed by atoms with Gasteiger partial charge in [0.15, 0.2) is 0 Å². The predicted octanol–water partition coefficient (Wildman–Crippen LogP) is 3.14. The Labute approximate surface area is 132 Å². The van der Waals surface area contributed by atoms with Crippen LogP contribution in [-0.2, 0) is 25.8 Å². The smallest absolute Gasteiger partial charge is 0.0897 e. The number of hydrogen-bond donors (Lipinski definition) is 1. The van der Waals surface area contributed by atoms with Crippen LogP contribution in [0, 0.1) is 6.92 Å². The molecule has 2 heterocycles. The van der Waals surface area contributed by atoms with Gasteiger partial charge >= 0.3 is 0 Å². The molecular formula is C14H20BrN3OS. The minimum atomic E-state index is -0.431. The summed E-state index contributed by atoms with van der Waals surface area (Å²) in [6, 6.07) is 0. The Kier molecular flexibility index (Phi) is 5.35. The SMILES string of the molecule is CCc1nn(CC)c(CC(O)Cc2csc(C)n2)c1Br. The van der Waals surface area contributed by atoms with Gasteiger partial charge < -0.3 is 5.11 Å².